The number of rotatable bonds is 8. The molecule has 0 saturated carbocycles. The minimum absolute atomic E-state index is 0.0737. The second-order valence-electron chi connectivity index (χ2n) is 8.28. The Kier molecular flexibility index (Phi) is 6.92. The number of hydrogen-bond donors (Lipinski definition) is 1. The molecule has 1 amide bonds. The van der Waals surface area contributed by atoms with Gasteiger partial charge >= 0.3 is 0 Å². The average Bonchev–Trinajstić information content (AvgIpc) is 3.24. The van der Waals surface area contributed by atoms with Crippen LogP contribution in [-0.2, 0) is 17.6 Å². The number of nitrogens with zero attached hydrogens (tertiary/aromatic N) is 4. The molecule has 0 aliphatic carbocycles. The van der Waals surface area contributed by atoms with Gasteiger partial charge in [-0.15, -0.1) is 11.3 Å². The minimum atomic E-state index is -0.0737. The molecule has 0 bridgehead atoms. The van der Waals surface area contributed by atoms with E-state index in [1.807, 2.05) is 53.3 Å². The third-order valence-corrected chi connectivity index (χ3v) is 6.01. The van der Waals surface area contributed by atoms with E-state index in [1.54, 1.807) is 0 Å². The number of hydrogen-bond acceptors (Lipinski definition) is 5. The van der Waals surface area contributed by atoms with Crippen LogP contribution in [0.15, 0.2) is 29.6 Å². The van der Waals surface area contributed by atoms with Gasteiger partial charge in [0.15, 0.2) is 0 Å². The van der Waals surface area contributed by atoms with Gasteiger partial charge in [0.2, 0.25) is 11.0 Å². The van der Waals surface area contributed by atoms with Gasteiger partial charge in [-0.1, -0.05) is 13.8 Å². The van der Waals surface area contributed by atoms with Gasteiger partial charge in [-0.05, 0) is 62.4 Å². The standard InChI is InChI=1S/C23H31N5OS/c1-15(2)7-12-21-16(3)26-28(17(21)4)23-25-19(14-30-23)13-22(29)24-18-8-10-20(11-9-18)27(5)6/h8-11,14-15H,7,12-13H2,1-6H3,(H,24,29). The maximum atomic E-state index is 12.4. The van der Waals surface area contributed by atoms with Crippen molar-refractivity contribution in [1.82, 2.24) is 14.8 Å². The molecule has 0 atom stereocenters. The Labute approximate surface area is 182 Å². The van der Waals surface area contributed by atoms with Gasteiger partial charge in [-0.3, -0.25) is 4.79 Å². The highest BCUT2D eigenvalue weighted by Crippen LogP contribution is 2.23. The van der Waals surface area contributed by atoms with E-state index in [9.17, 15) is 4.79 Å². The van der Waals surface area contributed by atoms with Gasteiger partial charge in [0.05, 0.1) is 17.8 Å². The quantitative estimate of drug-likeness (QED) is 0.564. The zero-order valence-electron chi connectivity index (χ0n) is 18.7. The topological polar surface area (TPSA) is 63.1 Å². The molecule has 7 heteroatoms. The zero-order chi connectivity index (χ0) is 21.8. The molecule has 1 aromatic carbocycles. The summed E-state index contributed by atoms with van der Waals surface area (Å²) in [6.45, 7) is 8.64. The zero-order valence-corrected chi connectivity index (χ0v) is 19.5. The number of carbonyl (C=O) groups excluding carboxylic acids is 1. The van der Waals surface area contributed by atoms with Gasteiger partial charge in [0.1, 0.15) is 0 Å². The van der Waals surface area contributed by atoms with Crippen LogP contribution in [0.5, 0.6) is 0 Å². The molecule has 0 aliphatic heterocycles. The van der Waals surface area contributed by atoms with Crippen molar-refractivity contribution in [3.63, 3.8) is 0 Å². The van der Waals surface area contributed by atoms with Crippen LogP contribution in [-0.4, -0.2) is 34.8 Å². The summed E-state index contributed by atoms with van der Waals surface area (Å²) in [7, 11) is 3.98. The number of benzene rings is 1. The molecule has 2 heterocycles. The molecule has 2 aromatic heterocycles. The number of nitrogens with one attached hydrogen (secondary N) is 1. The molecule has 0 aliphatic rings. The summed E-state index contributed by atoms with van der Waals surface area (Å²) < 4.78 is 1.91. The molecule has 3 rings (SSSR count). The second kappa shape index (κ2) is 9.43. The van der Waals surface area contributed by atoms with Gasteiger partial charge in [0.25, 0.3) is 0 Å². The van der Waals surface area contributed by atoms with Crippen molar-refractivity contribution >= 4 is 28.6 Å². The van der Waals surface area contributed by atoms with E-state index in [-0.39, 0.29) is 12.3 Å². The molecule has 0 unspecified atom stereocenters. The van der Waals surface area contributed by atoms with Gasteiger partial charge in [-0.25, -0.2) is 9.67 Å². The van der Waals surface area contributed by atoms with Gasteiger partial charge in [-0.2, -0.15) is 5.10 Å². The summed E-state index contributed by atoms with van der Waals surface area (Å²) in [5.41, 5.74) is 6.14. The van der Waals surface area contributed by atoms with Crippen LogP contribution in [0.25, 0.3) is 5.13 Å². The fourth-order valence-corrected chi connectivity index (χ4v) is 4.17. The van der Waals surface area contributed by atoms with Crippen molar-refractivity contribution in [3.8, 4) is 5.13 Å². The SMILES string of the molecule is Cc1nn(-c2nc(CC(=O)Nc3ccc(N(C)C)cc3)cs2)c(C)c1CCC(C)C. The van der Waals surface area contributed by atoms with Gasteiger partial charge in [0, 0.05) is 36.5 Å². The molecule has 6 nitrogen and oxygen atoms in total. The first-order chi connectivity index (χ1) is 14.2. The molecule has 1 N–H and O–H groups in total. The predicted octanol–water partition coefficient (Wildman–Crippen LogP) is 4.78. The molecule has 160 valence electrons. The van der Waals surface area contributed by atoms with E-state index < -0.39 is 0 Å². The molecule has 0 fully saturated rings. The number of carbonyl (C=O) groups is 1. The maximum absolute atomic E-state index is 12.4. The summed E-state index contributed by atoms with van der Waals surface area (Å²) in [6.07, 6.45) is 2.42. The molecule has 3 aromatic rings. The molecule has 0 radical (unpaired) electrons. The second-order valence-corrected chi connectivity index (χ2v) is 9.12. The Balaban J connectivity index is 1.66. The molecular weight excluding hydrogens is 394 g/mol. The Morgan fingerprint density at radius 2 is 1.90 bits per heavy atom. The van der Waals surface area contributed by atoms with Crippen molar-refractivity contribution in [2.24, 2.45) is 5.92 Å². The van der Waals surface area contributed by atoms with E-state index in [2.05, 4.69) is 38.0 Å². The third-order valence-electron chi connectivity index (χ3n) is 5.14. The van der Waals surface area contributed by atoms with Crippen LogP contribution in [0.2, 0.25) is 0 Å². The lowest BCUT2D eigenvalue weighted by Crippen LogP contribution is -2.15. The number of amides is 1. The van der Waals surface area contributed by atoms with Crippen molar-refractivity contribution < 1.29 is 4.79 Å². The van der Waals surface area contributed by atoms with Crippen molar-refractivity contribution in [2.45, 2.75) is 47.0 Å². The van der Waals surface area contributed by atoms with E-state index in [1.165, 1.54) is 16.9 Å². The first kappa shape index (κ1) is 22.0. The highest BCUT2D eigenvalue weighted by molar-refractivity contribution is 7.12. The molecular formula is C23H31N5OS. The van der Waals surface area contributed by atoms with E-state index in [0.29, 0.717) is 5.92 Å². The summed E-state index contributed by atoms with van der Waals surface area (Å²) in [6, 6.07) is 7.79. The minimum Gasteiger partial charge on any atom is -0.378 e. The fourth-order valence-electron chi connectivity index (χ4n) is 3.34. The average molecular weight is 426 g/mol. The number of aromatic nitrogens is 3. The maximum Gasteiger partial charge on any atom is 0.230 e. The largest absolute Gasteiger partial charge is 0.378 e. The molecule has 30 heavy (non-hydrogen) atoms. The highest BCUT2D eigenvalue weighted by Gasteiger charge is 2.16. The Morgan fingerprint density at radius 3 is 2.53 bits per heavy atom. The normalized spacial score (nSPS) is 11.2. The van der Waals surface area contributed by atoms with Crippen LogP contribution < -0.4 is 10.2 Å². The Bertz CT molecular complexity index is 1000. The molecule has 0 saturated heterocycles. The van der Waals surface area contributed by atoms with Crippen LogP contribution >= 0.6 is 11.3 Å². The smallest absolute Gasteiger partial charge is 0.230 e. The third kappa shape index (κ3) is 5.27. The van der Waals surface area contributed by atoms with Crippen LogP contribution in [0.4, 0.5) is 11.4 Å². The van der Waals surface area contributed by atoms with Crippen LogP contribution in [0.3, 0.4) is 0 Å². The van der Waals surface area contributed by atoms with E-state index in [0.717, 1.165) is 46.4 Å². The molecule has 0 spiro atoms. The van der Waals surface area contributed by atoms with E-state index >= 15 is 0 Å². The lowest BCUT2D eigenvalue weighted by Gasteiger charge is -2.12. The number of anilines is 2. The Morgan fingerprint density at radius 1 is 1.20 bits per heavy atom. The Hall–Kier alpha value is -2.67. The summed E-state index contributed by atoms with van der Waals surface area (Å²) in [4.78, 5) is 19.1. The number of thiazole rings is 1. The van der Waals surface area contributed by atoms with E-state index in [4.69, 9.17) is 5.10 Å². The monoisotopic (exact) mass is 425 g/mol. The summed E-state index contributed by atoms with van der Waals surface area (Å²) in [5, 5.41) is 10.4. The lowest BCUT2D eigenvalue weighted by molar-refractivity contribution is -0.115. The predicted molar refractivity (Wildman–Crippen MR) is 125 cm³/mol. The van der Waals surface area contributed by atoms with Crippen LogP contribution in [0, 0.1) is 19.8 Å². The van der Waals surface area contributed by atoms with Crippen molar-refractivity contribution in [2.75, 3.05) is 24.3 Å². The van der Waals surface area contributed by atoms with Gasteiger partial charge < -0.3 is 10.2 Å². The highest BCUT2D eigenvalue weighted by atomic mass is 32.1. The first-order valence-corrected chi connectivity index (χ1v) is 11.2. The summed E-state index contributed by atoms with van der Waals surface area (Å²) in [5.74, 6) is 0.589. The fraction of sp³-hybridized carbons (Fsp3) is 0.435. The summed E-state index contributed by atoms with van der Waals surface area (Å²) >= 11 is 1.52. The lowest BCUT2D eigenvalue weighted by atomic mass is 10.0. The first-order valence-electron chi connectivity index (χ1n) is 10.3. The number of aryl methyl sites for hydroxylation is 1. The van der Waals surface area contributed by atoms with Crippen molar-refractivity contribution in [1.29, 1.82) is 0 Å². The van der Waals surface area contributed by atoms with Crippen molar-refractivity contribution in [3.05, 3.63) is 52.3 Å². The van der Waals surface area contributed by atoms with Crippen LogP contribution in [0.1, 0.15) is 42.9 Å².